The third-order valence-electron chi connectivity index (χ3n) is 5.59. The highest BCUT2D eigenvalue weighted by atomic mass is 16.4. The molecule has 4 rings (SSSR count). The Morgan fingerprint density at radius 2 is 1.42 bits per heavy atom. The Hall–Kier alpha value is -2.65. The summed E-state index contributed by atoms with van der Waals surface area (Å²) in [6.07, 6.45) is 2.14. The average Bonchev–Trinajstić information content (AvgIpc) is 3.15. The minimum absolute atomic E-state index is 0.275. The Balaban J connectivity index is 1.58. The maximum Gasteiger partial charge on any atom is 0.335 e. The van der Waals surface area contributed by atoms with Gasteiger partial charge in [-0.2, -0.15) is 0 Å². The molecule has 0 spiro atoms. The standard InChI is InChI=1S/C23H23NO2/c1-14-3-4-15(2)20-13-18(9-10-19(14)20)22-12-11-21(24-22)16-5-7-17(8-6-16)23(25)26/h3-10,13,21-22,24H,11-12H2,1-2H3,(H,25,26). The number of carboxylic acids is 1. The fourth-order valence-electron chi connectivity index (χ4n) is 4.00. The van der Waals surface area contributed by atoms with Crippen LogP contribution in [0.2, 0.25) is 0 Å². The van der Waals surface area contributed by atoms with Gasteiger partial charge in [0.15, 0.2) is 0 Å². The minimum Gasteiger partial charge on any atom is -0.478 e. The SMILES string of the molecule is Cc1ccc(C)c2cc(C3CCC(c4ccc(C(=O)O)cc4)N3)ccc12. The fourth-order valence-corrected chi connectivity index (χ4v) is 4.00. The van der Waals surface area contributed by atoms with Crippen LogP contribution < -0.4 is 5.32 Å². The number of aromatic carboxylic acids is 1. The van der Waals surface area contributed by atoms with E-state index in [1.807, 2.05) is 12.1 Å². The lowest BCUT2D eigenvalue weighted by molar-refractivity contribution is 0.0697. The number of benzene rings is 3. The summed E-state index contributed by atoms with van der Waals surface area (Å²) < 4.78 is 0. The lowest BCUT2D eigenvalue weighted by atomic mass is 9.96. The molecule has 2 unspecified atom stereocenters. The predicted octanol–water partition coefficient (Wildman–Crippen LogP) is 5.32. The van der Waals surface area contributed by atoms with Crippen molar-refractivity contribution in [1.29, 1.82) is 0 Å². The smallest absolute Gasteiger partial charge is 0.335 e. The first-order valence-corrected chi connectivity index (χ1v) is 9.12. The second-order valence-corrected chi connectivity index (χ2v) is 7.28. The van der Waals surface area contributed by atoms with E-state index in [0.717, 1.165) is 18.4 Å². The van der Waals surface area contributed by atoms with E-state index in [4.69, 9.17) is 5.11 Å². The number of fused-ring (bicyclic) bond motifs is 1. The molecule has 1 saturated heterocycles. The van der Waals surface area contributed by atoms with Crippen LogP contribution in [0.5, 0.6) is 0 Å². The largest absolute Gasteiger partial charge is 0.478 e. The Morgan fingerprint density at radius 3 is 2.08 bits per heavy atom. The summed E-state index contributed by atoms with van der Waals surface area (Å²) in [5.41, 5.74) is 5.45. The van der Waals surface area contributed by atoms with Gasteiger partial charge in [0.05, 0.1) is 5.56 Å². The van der Waals surface area contributed by atoms with Gasteiger partial charge in [-0.1, -0.05) is 36.4 Å². The van der Waals surface area contributed by atoms with Crippen molar-refractivity contribution in [1.82, 2.24) is 5.32 Å². The van der Waals surface area contributed by atoms with Crippen molar-refractivity contribution in [2.45, 2.75) is 38.8 Å². The van der Waals surface area contributed by atoms with Crippen LogP contribution in [0.4, 0.5) is 0 Å². The van der Waals surface area contributed by atoms with E-state index in [1.54, 1.807) is 12.1 Å². The van der Waals surface area contributed by atoms with E-state index >= 15 is 0 Å². The minimum atomic E-state index is -0.879. The van der Waals surface area contributed by atoms with Gasteiger partial charge in [0, 0.05) is 12.1 Å². The molecule has 0 saturated carbocycles. The molecule has 2 N–H and O–H groups in total. The van der Waals surface area contributed by atoms with Crippen molar-refractivity contribution in [3.05, 3.63) is 82.4 Å². The van der Waals surface area contributed by atoms with Gasteiger partial charge in [-0.05, 0) is 77.9 Å². The van der Waals surface area contributed by atoms with Crippen LogP contribution in [0.1, 0.15) is 57.5 Å². The van der Waals surface area contributed by atoms with Crippen molar-refractivity contribution in [2.75, 3.05) is 0 Å². The van der Waals surface area contributed by atoms with Crippen LogP contribution in [0.25, 0.3) is 10.8 Å². The molecular formula is C23H23NO2. The van der Waals surface area contributed by atoms with Gasteiger partial charge < -0.3 is 10.4 Å². The quantitative estimate of drug-likeness (QED) is 0.675. The van der Waals surface area contributed by atoms with Crippen molar-refractivity contribution in [3.8, 4) is 0 Å². The van der Waals surface area contributed by atoms with Gasteiger partial charge in [-0.15, -0.1) is 0 Å². The molecule has 0 aromatic heterocycles. The number of carboxylic acid groups (broad SMARTS) is 1. The number of carbonyl (C=O) groups is 1. The molecule has 1 heterocycles. The molecule has 3 nitrogen and oxygen atoms in total. The highest BCUT2D eigenvalue weighted by molar-refractivity contribution is 5.89. The Labute approximate surface area is 153 Å². The summed E-state index contributed by atoms with van der Waals surface area (Å²) in [7, 11) is 0. The van der Waals surface area contributed by atoms with Crippen LogP contribution in [0.15, 0.2) is 54.6 Å². The fraction of sp³-hybridized carbons (Fsp3) is 0.261. The van der Waals surface area contributed by atoms with E-state index in [9.17, 15) is 4.79 Å². The van der Waals surface area contributed by atoms with Gasteiger partial charge in [0.2, 0.25) is 0 Å². The van der Waals surface area contributed by atoms with Crippen molar-refractivity contribution >= 4 is 16.7 Å². The van der Waals surface area contributed by atoms with Crippen molar-refractivity contribution in [3.63, 3.8) is 0 Å². The summed E-state index contributed by atoms with van der Waals surface area (Å²) in [5, 5.41) is 15.4. The van der Waals surface area contributed by atoms with Gasteiger partial charge in [-0.25, -0.2) is 4.79 Å². The predicted molar refractivity (Wildman–Crippen MR) is 105 cm³/mol. The topological polar surface area (TPSA) is 49.3 Å². The molecule has 0 amide bonds. The number of aryl methyl sites for hydroxylation is 2. The Kier molecular flexibility index (Phi) is 4.25. The first kappa shape index (κ1) is 16.8. The van der Waals surface area contributed by atoms with Gasteiger partial charge in [-0.3, -0.25) is 0 Å². The molecule has 0 radical (unpaired) electrons. The molecule has 1 aliphatic heterocycles. The maximum absolute atomic E-state index is 11.0. The zero-order chi connectivity index (χ0) is 18.3. The van der Waals surface area contributed by atoms with E-state index in [-0.39, 0.29) is 6.04 Å². The lowest BCUT2D eigenvalue weighted by Gasteiger charge is -2.17. The third-order valence-corrected chi connectivity index (χ3v) is 5.59. The molecule has 1 fully saturated rings. The van der Waals surface area contributed by atoms with Crippen molar-refractivity contribution < 1.29 is 9.90 Å². The first-order valence-electron chi connectivity index (χ1n) is 9.12. The molecular weight excluding hydrogens is 322 g/mol. The second kappa shape index (κ2) is 6.58. The highest BCUT2D eigenvalue weighted by Gasteiger charge is 2.26. The maximum atomic E-state index is 11.0. The third kappa shape index (κ3) is 2.99. The van der Waals surface area contributed by atoms with Gasteiger partial charge in [0.1, 0.15) is 0 Å². The molecule has 3 aromatic rings. The van der Waals surface area contributed by atoms with Crippen LogP contribution >= 0.6 is 0 Å². The van der Waals surface area contributed by atoms with E-state index in [2.05, 4.69) is 49.5 Å². The highest BCUT2D eigenvalue weighted by Crippen LogP contribution is 2.36. The summed E-state index contributed by atoms with van der Waals surface area (Å²) in [6.45, 7) is 4.33. The lowest BCUT2D eigenvalue weighted by Crippen LogP contribution is -2.17. The monoisotopic (exact) mass is 345 g/mol. The molecule has 1 aliphatic rings. The van der Waals surface area contributed by atoms with Crippen molar-refractivity contribution in [2.24, 2.45) is 0 Å². The molecule has 2 atom stereocenters. The average molecular weight is 345 g/mol. The zero-order valence-corrected chi connectivity index (χ0v) is 15.1. The van der Waals surface area contributed by atoms with Crippen LogP contribution in [-0.2, 0) is 0 Å². The molecule has 3 heteroatoms. The number of nitrogens with one attached hydrogen (secondary N) is 1. The normalized spacial score (nSPS) is 19.8. The second-order valence-electron chi connectivity index (χ2n) is 7.28. The van der Waals surface area contributed by atoms with Gasteiger partial charge in [0.25, 0.3) is 0 Å². The Bertz CT molecular complexity index is 975. The molecule has 3 aromatic carbocycles. The van der Waals surface area contributed by atoms with Gasteiger partial charge >= 0.3 is 5.97 Å². The molecule has 26 heavy (non-hydrogen) atoms. The summed E-state index contributed by atoms with van der Waals surface area (Å²) in [4.78, 5) is 11.0. The Morgan fingerprint density at radius 1 is 0.846 bits per heavy atom. The molecule has 132 valence electrons. The number of hydrogen-bond acceptors (Lipinski definition) is 2. The summed E-state index contributed by atoms with van der Waals surface area (Å²) in [5.74, 6) is -0.879. The summed E-state index contributed by atoms with van der Waals surface area (Å²) >= 11 is 0. The van der Waals surface area contributed by atoms with E-state index < -0.39 is 5.97 Å². The van der Waals surface area contributed by atoms with Crippen LogP contribution in [-0.4, -0.2) is 11.1 Å². The van der Waals surface area contributed by atoms with E-state index in [0.29, 0.717) is 11.6 Å². The van der Waals surface area contributed by atoms with Crippen LogP contribution in [0, 0.1) is 13.8 Å². The first-order chi connectivity index (χ1) is 12.5. The summed E-state index contributed by atoms with van der Waals surface area (Å²) in [6, 6.07) is 19.0. The zero-order valence-electron chi connectivity index (χ0n) is 15.1. The molecule has 0 aliphatic carbocycles. The van der Waals surface area contributed by atoms with Crippen LogP contribution in [0.3, 0.4) is 0 Å². The van der Waals surface area contributed by atoms with E-state index in [1.165, 1.54) is 27.5 Å². The number of rotatable bonds is 3. The number of hydrogen-bond donors (Lipinski definition) is 2. The molecule has 0 bridgehead atoms.